The first-order valence-corrected chi connectivity index (χ1v) is 9.57. The van der Waals surface area contributed by atoms with Gasteiger partial charge >= 0.3 is 0 Å². The number of benzene rings is 1. The Bertz CT molecular complexity index is 777. The van der Waals surface area contributed by atoms with Crippen LogP contribution in [0.1, 0.15) is 50.6 Å². The molecule has 3 N–H and O–H groups in total. The largest absolute Gasteiger partial charge is 0.390 e. The predicted molar refractivity (Wildman–Crippen MR) is 96.8 cm³/mol. The number of hydrogen-bond acceptors (Lipinski definition) is 2. The molecule has 0 radical (unpaired) electrons. The number of fused-ring (bicyclic) bond motifs is 1. The van der Waals surface area contributed by atoms with Crippen LogP contribution in [-0.2, 0) is 11.3 Å². The zero-order chi connectivity index (χ0) is 17.1. The number of amides is 1. The molecule has 4 aliphatic carbocycles. The normalized spacial score (nSPS) is 36.0. The Morgan fingerprint density at radius 1 is 1.20 bits per heavy atom. The van der Waals surface area contributed by atoms with Crippen LogP contribution in [0.4, 0.5) is 0 Å². The Morgan fingerprint density at radius 2 is 1.96 bits per heavy atom. The van der Waals surface area contributed by atoms with Crippen molar-refractivity contribution < 1.29 is 9.90 Å². The number of aromatic amines is 1. The fourth-order valence-corrected chi connectivity index (χ4v) is 6.43. The first kappa shape index (κ1) is 15.4. The van der Waals surface area contributed by atoms with Crippen LogP contribution in [-0.4, -0.2) is 21.6 Å². The predicted octanol–water partition coefficient (Wildman–Crippen LogP) is 3.51. The van der Waals surface area contributed by atoms with Gasteiger partial charge in [-0.1, -0.05) is 18.2 Å². The highest BCUT2D eigenvalue weighted by Gasteiger charge is 2.57. The molecule has 4 fully saturated rings. The Labute approximate surface area is 148 Å². The second-order valence-corrected chi connectivity index (χ2v) is 9.02. The van der Waals surface area contributed by atoms with Crippen LogP contribution in [0.15, 0.2) is 30.3 Å². The van der Waals surface area contributed by atoms with Gasteiger partial charge in [0.15, 0.2) is 0 Å². The molecule has 0 unspecified atom stereocenters. The monoisotopic (exact) mass is 338 g/mol. The smallest absolute Gasteiger partial charge is 0.220 e. The molecule has 4 aliphatic rings. The number of carbonyl (C=O) groups is 1. The molecule has 4 bridgehead atoms. The van der Waals surface area contributed by atoms with Crippen LogP contribution in [0.25, 0.3) is 10.9 Å². The summed E-state index contributed by atoms with van der Waals surface area (Å²) in [6, 6.07) is 10.3. The lowest BCUT2D eigenvalue weighted by molar-refractivity contribution is -0.169. The minimum atomic E-state index is -0.485. The van der Waals surface area contributed by atoms with Gasteiger partial charge in [0, 0.05) is 17.6 Å². The van der Waals surface area contributed by atoms with Crippen molar-refractivity contribution in [2.75, 3.05) is 0 Å². The lowest BCUT2D eigenvalue weighted by atomic mass is 9.47. The highest BCUT2D eigenvalue weighted by molar-refractivity contribution is 5.81. The van der Waals surface area contributed by atoms with Crippen LogP contribution >= 0.6 is 0 Å². The highest BCUT2D eigenvalue weighted by Crippen LogP contribution is 2.62. The molecule has 25 heavy (non-hydrogen) atoms. The average molecular weight is 338 g/mol. The van der Waals surface area contributed by atoms with Gasteiger partial charge in [0.05, 0.1) is 12.1 Å². The van der Waals surface area contributed by atoms with E-state index in [-0.39, 0.29) is 11.3 Å². The molecule has 1 heterocycles. The molecule has 1 aromatic carbocycles. The first-order chi connectivity index (χ1) is 12.0. The SMILES string of the molecule is O=C(CC12C[C@H]3C[C@@H](CC(O)(C3)C1)C2)NCc1cc2ccccc2[nH]1. The molecule has 4 nitrogen and oxygen atoms in total. The summed E-state index contributed by atoms with van der Waals surface area (Å²) in [6.45, 7) is 0.542. The summed E-state index contributed by atoms with van der Waals surface area (Å²) < 4.78 is 0. The number of carbonyl (C=O) groups excluding carboxylic acids is 1. The third kappa shape index (κ3) is 2.77. The summed E-state index contributed by atoms with van der Waals surface area (Å²) in [5.74, 6) is 1.39. The quantitative estimate of drug-likeness (QED) is 0.799. The number of nitrogens with one attached hydrogen (secondary N) is 2. The van der Waals surface area contributed by atoms with E-state index in [0.29, 0.717) is 24.8 Å². The number of para-hydroxylation sites is 1. The number of aliphatic hydroxyl groups is 1. The third-order valence-corrected chi connectivity index (χ3v) is 6.75. The number of aromatic nitrogens is 1. The Kier molecular flexibility index (Phi) is 3.30. The van der Waals surface area contributed by atoms with E-state index in [1.54, 1.807) is 0 Å². The maximum absolute atomic E-state index is 12.6. The summed E-state index contributed by atoms with van der Waals surface area (Å²) in [4.78, 5) is 16.0. The van der Waals surface area contributed by atoms with Gasteiger partial charge in [-0.25, -0.2) is 0 Å². The molecular weight excluding hydrogens is 312 g/mol. The van der Waals surface area contributed by atoms with E-state index in [1.807, 2.05) is 12.1 Å². The summed E-state index contributed by atoms with van der Waals surface area (Å²) in [5.41, 5.74) is 1.71. The molecule has 0 aliphatic heterocycles. The number of rotatable bonds is 4. The van der Waals surface area contributed by atoms with Crippen molar-refractivity contribution in [2.24, 2.45) is 17.3 Å². The number of hydrogen-bond donors (Lipinski definition) is 3. The first-order valence-electron chi connectivity index (χ1n) is 9.57. The molecular formula is C21H26N2O2. The third-order valence-electron chi connectivity index (χ3n) is 6.75. The van der Waals surface area contributed by atoms with Gasteiger partial charge in [-0.15, -0.1) is 0 Å². The van der Waals surface area contributed by atoms with Gasteiger partial charge in [0.2, 0.25) is 5.91 Å². The Hall–Kier alpha value is -1.81. The van der Waals surface area contributed by atoms with Crippen LogP contribution < -0.4 is 5.32 Å². The topological polar surface area (TPSA) is 65.1 Å². The van der Waals surface area contributed by atoms with Gasteiger partial charge < -0.3 is 15.4 Å². The van der Waals surface area contributed by atoms with Crippen molar-refractivity contribution in [2.45, 2.75) is 57.1 Å². The van der Waals surface area contributed by atoms with Gasteiger partial charge in [-0.3, -0.25) is 4.79 Å². The second-order valence-electron chi connectivity index (χ2n) is 9.02. The maximum Gasteiger partial charge on any atom is 0.220 e. The van der Waals surface area contributed by atoms with Crippen molar-refractivity contribution in [3.8, 4) is 0 Å². The van der Waals surface area contributed by atoms with Crippen LogP contribution in [0.3, 0.4) is 0 Å². The molecule has 2 aromatic rings. The minimum absolute atomic E-state index is 0.0450. The van der Waals surface area contributed by atoms with Crippen molar-refractivity contribution >= 4 is 16.8 Å². The van der Waals surface area contributed by atoms with E-state index in [1.165, 1.54) is 11.8 Å². The second kappa shape index (κ2) is 5.34. The molecule has 4 heteroatoms. The van der Waals surface area contributed by atoms with E-state index < -0.39 is 5.60 Å². The fraction of sp³-hybridized carbons (Fsp3) is 0.571. The lowest BCUT2D eigenvalue weighted by Crippen LogP contribution is -2.56. The van der Waals surface area contributed by atoms with Gasteiger partial charge in [-0.2, -0.15) is 0 Å². The summed E-state index contributed by atoms with van der Waals surface area (Å²) >= 11 is 0. The molecule has 0 saturated heterocycles. The maximum atomic E-state index is 12.6. The van der Waals surface area contributed by atoms with E-state index in [9.17, 15) is 9.90 Å². The molecule has 2 atom stereocenters. The van der Waals surface area contributed by atoms with Gasteiger partial charge in [0.1, 0.15) is 0 Å². The van der Waals surface area contributed by atoms with Crippen LogP contribution in [0.5, 0.6) is 0 Å². The molecule has 0 spiro atoms. The summed E-state index contributed by atoms with van der Waals surface area (Å²) in [6.07, 6.45) is 6.84. The van der Waals surface area contributed by atoms with Crippen molar-refractivity contribution in [3.05, 3.63) is 36.0 Å². The summed E-state index contributed by atoms with van der Waals surface area (Å²) in [7, 11) is 0. The zero-order valence-corrected chi connectivity index (χ0v) is 14.6. The molecule has 132 valence electrons. The lowest BCUT2D eigenvalue weighted by Gasteiger charge is -2.60. The van der Waals surface area contributed by atoms with Crippen molar-refractivity contribution in [3.63, 3.8) is 0 Å². The van der Waals surface area contributed by atoms with E-state index >= 15 is 0 Å². The molecule has 1 amide bonds. The van der Waals surface area contributed by atoms with E-state index in [4.69, 9.17) is 0 Å². The van der Waals surface area contributed by atoms with Gasteiger partial charge in [-0.05, 0) is 73.3 Å². The molecule has 6 rings (SSSR count). The molecule has 1 aromatic heterocycles. The van der Waals surface area contributed by atoms with Crippen LogP contribution in [0.2, 0.25) is 0 Å². The Morgan fingerprint density at radius 3 is 2.68 bits per heavy atom. The zero-order valence-electron chi connectivity index (χ0n) is 14.6. The van der Waals surface area contributed by atoms with E-state index in [0.717, 1.165) is 43.3 Å². The fourth-order valence-electron chi connectivity index (χ4n) is 6.43. The minimum Gasteiger partial charge on any atom is -0.390 e. The summed E-state index contributed by atoms with van der Waals surface area (Å²) in [5, 5.41) is 15.1. The molecule has 4 saturated carbocycles. The van der Waals surface area contributed by atoms with Gasteiger partial charge in [0.25, 0.3) is 0 Å². The van der Waals surface area contributed by atoms with Crippen molar-refractivity contribution in [1.29, 1.82) is 0 Å². The number of H-pyrrole nitrogens is 1. The Balaban J connectivity index is 1.25. The average Bonchev–Trinajstić information content (AvgIpc) is 2.93. The standard InChI is InChI=1S/C21H26N2O2/c24-19(22-12-17-6-16-3-1-2-4-18(16)23-17)11-20-7-14-5-15(8-20)10-21(25,9-14)13-20/h1-4,6,14-15,23,25H,5,7-13H2,(H,22,24)/t14-,15-,20?,21?/m1/s1. The van der Waals surface area contributed by atoms with Crippen molar-refractivity contribution in [1.82, 2.24) is 10.3 Å². The van der Waals surface area contributed by atoms with Crippen LogP contribution in [0, 0.1) is 17.3 Å². The highest BCUT2D eigenvalue weighted by atomic mass is 16.3. The van der Waals surface area contributed by atoms with E-state index in [2.05, 4.69) is 28.5 Å².